The van der Waals surface area contributed by atoms with Gasteiger partial charge in [-0.25, -0.2) is 8.78 Å². The highest BCUT2D eigenvalue weighted by Gasteiger charge is 2.77. The van der Waals surface area contributed by atoms with E-state index in [0.717, 1.165) is 12.2 Å². The van der Waals surface area contributed by atoms with Gasteiger partial charge in [-0.2, -0.15) is 0 Å². The van der Waals surface area contributed by atoms with Gasteiger partial charge >= 0.3 is 0 Å². The van der Waals surface area contributed by atoms with Crippen LogP contribution in [-0.2, 0) is 9.59 Å². The summed E-state index contributed by atoms with van der Waals surface area (Å²) in [6.45, 7) is 1.91. The van der Waals surface area contributed by atoms with Crippen LogP contribution in [-0.4, -0.2) is 68.2 Å². The standard InChI is InChI=1S/C21H26F2O6/c1-18-4-3-10(25)5-13(18)14(22)6-12-11-7-15(26)21(29,17(28)9-24)19(11,2)8-16(27)20(12,18)23/h3-5,11-12,14-16,24,26-27,29H,6-9H2,1-2H3/t11-,12-,14+,15+,16-,18-,19-,20-,21-/m0/s1. The van der Waals surface area contributed by atoms with Crippen LogP contribution in [0, 0.1) is 22.7 Å². The number of aliphatic hydroxyl groups excluding tert-OH is 3. The first kappa shape index (κ1) is 20.8. The fourth-order valence-electron chi connectivity index (χ4n) is 6.84. The van der Waals surface area contributed by atoms with Gasteiger partial charge in [-0.3, -0.25) is 9.59 Å². The Morgan fingerprint density at radius 1 is 1.21 bits per heavy atom. The minimum Gasteiger partial charge on any atom is -0.390 e. The van der Waals surface area contributed by atoms with Crippen molar-refractivity contribution in [2.75, 3.05) is 6.61 Å². The highest BCUT2D eigenvalue weighted by molar-refractivity contribution is 6.01. The van der Waals surface area contributed by atoms with Crippen molar-refractivity contribution in [1.29, 1.82) is 0 Å². The molecule has 3 saturated carbocycles. The van der Waals surface area contributed by atoms with Gasteiger partial charge in [0.25, 0.3) is 0 Å². The summed E-state index contributed by atoms with van der Waals surface area (Å²) >= 11 is 0. The molecule has 9 atom stereocenters. The summed E-state index contributed by atoms with van der Waals surface area (Å²) in [5.74, 6) is -3.37. The van der Waals surface area contributed by atoms with Gasteiger partial charge in [0.05, 0.1) is 12.2 Å². The van der Waals surface area contributed by atoms with E-state index in [4.69, 9.17) is 0 Å². The van der Waals surface area contributed by atoms with Gasteiger partial charge in [-0.15, -0.1) is 0 Å². The van der Waals surface area contributed by atoms with Crippen molar-refractivity contribution in [2.24, 2.45) is 22.7 Å². The summed E-state index contributed by atoms with van der Waals surface area (Å²) in [5.41, 5.74) is -7.76. The Labute approximate surface area is 166 Å². The molecule has 8 heteroatoms. The summed E-state index contributed by atoms with van der Waals surface area (Å²) in [6, 6.07) is 0. The lowest BCUT2D eigenvalue weighted by molar-refractivity contribution is -0.226. The molecule has 0 spiro atoms. The average Bonchev–Trinajstić information content (AvgIpc) is 2.86. The first-order chi connectivity index (χ1) is 13.4. The van der Waals surface area contributed by atoms with Crippen molar-refractivity contribution in [2.45, 2.75) is 62.8 Å². The molecule has 0 amide bonds. The lowest BCUT2D eigenvalue weighted by Crippen LogP contribution is -2.70. The van der Waals surface area contributed by atoms with Crippen molar-refractivity contribution >= 4 is 11.6 Å². The normalized spacial score (nSPS) is 53.7. The molecular formula is C21H26F2O6. The van der Waals surface area contributed by atoms with E-state index < -0.39 is 70.5 Å². The number of hydrogen-bond donors (Lipinski definition) is 4. The zero-order valence-corrected chi connectivity index (χ0v) is 16.3. The molecule has 29 heavy (non-hydrogen) atoms. The number of aliphatic hydroxyl groups is 4. The molecule has 4 aliphatic rings. The van der Waals surface area contributed by atoms with Crippen LogP contribution in [0.15, 0.2) is 23.8 Å². The van der Waals surface area contributed by atoms with Gasteiger partial charge in [-0.05, 0) is 49.8 Å². The van der Waals surface area contributed by atoms with E-state index in [-0.39, 0.29) is 24.8 Å². The summed E-state index contributed by atoms with van der Waals surface area (Å²) in [7, 11) is 0. The summed E-state index contributed by atoms with van der Waals surface area (Å²) in [4.78, 5) is 24.2. The monoisotopic (exact) mass is 412 g/mol. The van der Waals surface area contributed by atoms with Gasteiger partial charge in [0.2, 0.25) is 0 Å². The first-order valence-corrected chi connectivity index (χ1v) is 9.88. The van der Waals surface area contributed by atoms with Crippen LogP contribution in [0.4, 0.5) is 8.78 Å². The molecule has 0 aromatic heterocycles. The van der Waals surface area contributed by atoms with Crippen molar-refractivity contribution in [3.05, 3.63) is 23.8 Å². The van der Waals surface area contributed by atoms with Crippen LogP contribution in [0.2, 0.25) is 0 Å². The number of Topliss-reactive ketones (excluding diaryl/α,β-unsaturated/α-hetero) is 1. The molecule has 0 heterocycles. The summed E-state index contributed by atoms with van der Waals surface area (Å²) in [5, 5.41) is 42.0. The maximum absolute atomic E-state index is 16.8. The molecule has 4 N–H and O–H groups in total. The molecule has 0 radical (unpaired) electrons. The van der Waals surface area contributed by atoms with Crippen LogP contribution < -0.4 is 0 Å². The second-order valence-corrected chi connectivity index (χ2v) is 9.46. The van der Waals surface area contributed by atoms with E-state index in [1.54, 1.807) is 0 Å². The zero-order valence-electron chi connectivity index (χ0n) is 16.3. The molecule has 0 bridgehead atoms. The summed E-state index contributed by atoms with van der Waals surface area (Å²) in [6.07, 6.45) is -2.21. The van der Waals surface area contributed by atoms with Crippen LogP contribution in [0.5, 0.6) is 0 Å². The predicted octanol–water partition coefficient (Wildman–Crippen LogP) is 0.569. The third kappa shape index (κ3) is 2.18. The molecule has 0 saturated heterocycles. The Kier molecular flexibility index (Phi) is 4.32. The Morgan fingerprint density at radius 2 is 1.86 bits per heavy atom. The fourth-order valence-corrected chi connectivity index (χ4v) is 6.84. The number of alkyl halides is 2. The van der Waals surface area contributed by atoms with Crippen molar-refractivity contribution in [3.63, 3.8) is 0 Å². The summed E-state index contributed by atoms with van der Waals surface area (Å²) < 4.78 is 32.0. The molecule has 0 aromatic rings. The number of halogens is 2. The second-order valence-electron chi connectivity index (χ2n) is 9.46. The quantitative estimate of drug-likeness (QED) is 0.527. The Hall–Kier alpha value is -1.48. The fraction of sp³-hybridized carbons (Fsp3) is 0.714. The van der Waals surface area contributed by atoms with E-state index in [9.17, 15) is 30.0 Å². The Balaban J connectivity index is 1.87. The van der Waals surface area contributed by atoms with Crippen LogP contribution >= 0.6 is 0 Å². The molecular weight excluding hydrogens is 386 g/mol. The van der Waals surface area contributed by atoms with Crippen molar-refractivity contribution in [3.8, 4) is 0 Å². The molecule has 6 nitrogen and oxygen atoms in total. The average molecular weight is 412 g/mol. The van der Waals surface area contributed by atoms with E-state index >= 15 is 8.78 Å². The van der Waals surface area contributed by atoms with Crippen molar-refractivity contribution in [1.82, 2.24) is 0 Å². The zero-order chi connectivity index (χ0) is 21.6. The van der Waals surface area contributed by atoms with E-state index in [2.05, 4.69) is 0 Å². The third-order valence-corrected chi connectivity index (χ3v) is 8.42. The smallest absolute Gasteiger partial charge is 0.192 e. The van der Waals surface area contributed by atoms with E-state index in [1.165, 1.54) is 19.9 Å². The third-order valence-electron chi connectivity index (χ3n) is 8.42. The molecule has 3 fully saturated rings. The van der Waals surface area contributed by atoms with E-state index in [0.29, 0.717) is 0 Å². The van der Waals surface area contributed by atoms with Gasteiger partial charge < -0.3 is 20.4 Å². The van der Waals surface area contributed by atoms with E-state index in [1.807, 2.05) is 0 Å². The minimum atomic E-state index is -2.37. The highest BCUT2D eigenvalue weighted by atomic mass is 19.1. The van der Waals surface area contributed by atoms with Crippen LogP contribution in [0.1, 0.15) is 33.1 Å². The molecule has 4 aliphatic carbocycles. The Morgan fingerprint density at radius 3 is 2.48 bits per heavy atom. The molecule has 0 aliphatic heterocycles. The largest absolute Gasteiger partial charge is 0.390 e. The number of allylic oxidation sites excluding steroid dienone is 4. The van der Waals surface area contributed by atoms with Gasteiger partial charge in [0.1, 0.15) is 12.8 Å². The number of rotatable bonds is 2. The lowest BCUT2D eigenvalue weighted by atomic mass is 9.44. The Bertz CT molecular complexity index is 841. The number of ketones is 2. The number of carbonyl (C=O) groups excluding carboxylic acids is 2. The number of carbonyl (C=O) groups is 2. The predicted molar refractivity (Wildman–Crippen MR) is 97.1 cm³/mol. The second kappa shape index (κ2) is 6.03. The molecule has 0 unspecified atom stereocenters. The van der Waals surface area contributed by atoms with Crippen LogP contribution in [0.3, 0.4) is 0 Å². The van der Waals surface area contributed by atoms with Gasteiger partial charge in [-0.1, -0.05) is 13.0 Å². The molecule has 4 rings (SSSR count). The van der Waals surface area contributed by atoms with Crippen LogP contribution in [0.25, 0.3) is 0 Å². The van der Waals surface area contributed by atoms with Gasteiger partial charge in [0, 0.05) is 16.7 Å². The maximum atomic E-state index is 16.8. The molecule has 160 valence electrons. The van der Waals surface area contributed by atoms with Crippen molar-refractivity contribution < 1.29 is 38.8 Å². The maximum Gasteiger partial charge on any atom is 0.192 e. The SMILES string of the molecule is C[C@]12C=CC(=O)C=C1[C@H](F)C[C@H]1[C@@H]3C[C@@H](O)[C@](O)(C(=O)CO)[C@@]3(C)C[C@H](O)[C@@]12F. The lowest BCUT2D eigenvalue weighted by Gasteiger charge is -2.62. The molecule has 0 aromatic carbocycles. The first-order valence-electron chi connectivity index (χ1n) is 9.88. The highest BCUT2D eigenvalue weighted by Crippen LogP contribution is 2.69. The topological polar surface area (TPSA) is 115 Å². The minimum absolute atomic E-state index is 0.0216. The number of hydrogen-bond acceptors (Lipinski definition) is 6. The number of fused-ring (bicyclic) bond motifs is 5. The van der Waals surface area contributed by atoms with Gasteiger partial charge in [0.15, 0.2) is 22.8 Å².